The van der Waals surface area contributed by atoms with Gasteiger partial charge in [-0.15, -0.1) is 0 Å². The van der Waals surface area contributed by atoms with E-state index < -0.39 is 0 Å². The van der Waals surface area contributed by atoms with Crippen LogP contribution in [0.3, 0.4) is 0 Å². The molecule has 18 heavy (non-hydrogen) atoms. The Morgan fingerprint density at radius 3 is 2.72 bits per heavy atom. The minimum atomic E-state index is 0.152. The van der Waals surface area contributed by atoms with Crippen molar-refractivity contribution in [3.63, 3.8) is 0 Å². The van der Waals surface area contributed by atoms with Crippen LogP contribution in [0, 0.1) is 0 Å². The van der Waals surface area contributed by atoms with Crippen LogP contribution in [0.4, 0.5) is 0 Å². The molecule has 1 N–H and O–H groups in total. The van der Waals surface area contributed by atoms with Crippen LogP contribution < -0.4 is 9.47 Å². The summed E-state index contributed by atoms with van der Waals surface area (Å²) in [6.45, 7) is 2.88. The standard InChI is InChI=1S/C14H19NO3/c1-4-5-10-12-9(6-7-15-10)8-11(17-2)14(18-3)13(12)16/h8,16H,4-7H2,1-3H3. The van der Waals surface area contributed by atoms with Crippen LogP contribution in [0.1, 0.15) is 30.9 Å². The number of ether oxygens (including phenoxy) is 2. The maximum absolute atomic E-state index is 10.4. The maximum Gasteiger partial charge on any atom is 0.203 e. The van der Waals surface area contributed by atoms with Crippen molar-refractivity contribution in [1.29, 1.82) is 0 Å². The Morgan fingerprint density at radius 2 is 2.11 bits per heavy atom. The summed E-state index contributed by atoms with van der Waals surface area (Å²) in [6.07, 6.45) is 2.71. The van der Waals surface area contributed by atoms with E-state index in [1.165, 1.54) is 7.11 Å². The topological polar surface area (TPSA) is 51.0 Å². The molecule has 0 amide bonds. The molecule has 2 rings (SSSR count). The lowest BCUT2D eigenvalue weighted by Crippen LogP contribution is -2.14. The quantitative estimate of drug-likeness (QED) is 0.892. The molecule has 98 valence electrons. The molecule has 0 atom stereocenters. The number of phenolic OH excluding ortho intramolecular Hbond substituents is 1. The van der Waals surface area contributed by atoms with Crippen LogP contribution in [0.15, 0.2) is 11.1 Å². The van der Waals surface area contributed by atoms with Crippen LogP contribution in [0.2, 0.25) is 0 Å². The number of nitrogens with zero attached hydrogens (tertiary/aromatic N) is 1. The number of benzene rings is 1. The normalized spacial score (nSPS) is 13.8. The molecule has 0 aromatic heterocycles. The molecule has 1 aromatic carbocycles. The third-order valence-corrected chi connectivity index (χ3v) is 3.19. The highest BCUT2D eigenvalue weighted by Crippen LogP contribution is 2.42. The van der Waals surface area contributed by atoms with Crippen LogP contribution in [0.25, 0.3) is 0 Å². The molecule has 0 radical (unpaired) electrons. The molecular weight excluding hydrogens is 230 g/mol. The molecule has 4 heteroatoms. The molecule has 0 saturated carbocycles. The third-order valence-electron chi connectivity index (χ3n) is 3.19. The summed E-state index contributed by atoms with van der Waals surface area (Å²) in [4.78, 5) is 4.51. The van der Waals surface area contributed by atoms with Crippen molar-refractivity contribution in [1.82, 2.24) is 0 Å². The van der Waals surface area contributed by atoms with Gasteiger partial charge in [0.1, 0.15) is 0 Å². The Balaban J connectivity index is 2.59. The Morgan fingerprint density at radius 1 is 1.33 bits per heavy atom. The maximum atomic E-state index is 10.4. The fourth-order valence-electron chi connectivity index (χ4n) is 2.38. The van der Waals surface area contributed by atoms with E-state index in [1.54, 1.807) is 7.11 Å². The SMILES string of the molecule is CCCC1=NCCc2cc(OC)c(OC)c(O)c21. The van der Waals surface area contributed by atoms with Crippen LogP contribution >= 0.6 is 0 Å². The van der Waals surface area contributed by atoms with Crippen LogP contribution in [-0.4, -0.2) is 31.6 Å². The lowest BCUT2D eigenvalue weighted by atomic mass is 9.93. The van der Waals surface area contributed by atoms with Gasteiger partial charge in [0.05, 0.1) is 14.2 Å². The summed E-state index contributed by atoms with van der Waals surface area (Å²) in [5.41, 5.74) is 2.89. The average molecular weight is 249 g/mol. The second-order valence-electron chi connectivity index (χ2n) is 4.32. The number of hydrogen-bond donors (Lipinski definition) is 1. The van der Waals surface area contributed by atoms with E-state index in [-0.39, 0.29) is 5.75 Å². The van der Waals surface area contributed by atoms with E-state index in [0.29, 0.717) is 11.5 Å². The van der Waals surface area contributed by atoms with E-state index in [0.717, 1.165) is 42.6 Å². The first-order valence-corrected chi connectivity index (χ1v) is 6.23. The van der Waals surface area contributed by atoms with Crippen molar-refractivity contribution in [3.05, 3.63) is 17.2 Å². The first-order chi connectivity index (χ1) is 8.72. The zero-order valence-electron chi connectivity index (χ0n) is 11.1. The van der Waals surface area contributed by atoms with Crippen LogP contribution in [-0.2, 0) is 6.42 Å². The first kappa shape index (κ1) is 12.7. The molecule has 1 aliphatic rings. The minimum Gasteiger partial charge on any atom is -0.504 e. The smallest absolute Gasteiger partial charge is 0.203 e. The van der Waals surface area contributed by atoms with E-state index in [1.807, 2.05) is 6.07 Å². The lowest BCUT2D eigenvalue weighted by Gasteiger charge is -2.21. The van der Waals surface area contributed by atoms with Crippen molar-refractivity contribution in [3.8, 4) is 17.2 Å². The Bertz CT molecular complexity index is 480. The van der Waals surface area contributed by atoms with Gasteiger partial charge in [-0.1, -0.05) is 13.3 Å². The Kier molecular flexibility index (Phi) is 3.75. The van der Waals surface area contributed by atoms with Crippen molar-refractivity contribution in [2.24, 2.45) is 4.99 Å². The fraction of sp³-hybridized carbons (Fsp3) is 0.500. The number of fused-ring (bicyclic) bond motifs is 1. The van der Waals surface area contributed by atoms with Crippen molar-refractivity contribution < 1.29 is 14.6 Å². The summed E-state index contributed by atoms with van der Waals surface area (Å²) in [5.74, 6) is 1.12. The largest absolute Gasteiger partial charge is 0.504 e. The molecule has 4 nitrogen and oxygen atoms in total. The minimum absolute atomic E-state index is 0.152. The zero-order valence-corrected chi connectivity index (χ0v) is 11.1. The molecule has 0 spiro atoms. The van der Waals surface area contributed by atoms with Crippen molar-refractivity contribution in [2.45, 2.75) is 26.2 Å². The highest BCUT2D eigenvalue weighted by molar-refractivity contribution is 6.05. The second kappa shape index (κ2) is 5.29. The van der Waals surface area contributed by atoms with Gasteiger partial charge in [-0.05, 0) is 24.5 Å². The third kappa shape index (κ3) is 2.03. The molecule has 0 unspecified atom stereocenters. The van der Waals surface area contributed by atoms with Gasteiger partial charge in [-0.3, -0.25) is 4.99 Å². The van der Waals surface area contributed by atoms with E-state index in [2.05, 4.69) is 11.9 Å². The van der Waals surface area contributed by atoms with Crippen LogP contribution in [0.5, 0.6) is 17.2 Å². The molecule has 0 aliphatic carbocycles. The van der Waals surface area contributed by atoms with Gasteiger partial charge in [0.15, 0.2) is 11.5 Å². The first-order valence-electron chi connectivity index (χ1n) is 6.23. The fourth-order valence-corrected chi connectivity index (χ4v) is 2.38. The van der Waals surface area contributed by atoms with Gasteiger partial charge in [0.2, 0.25) is 5.75 Å². The molecule has 0 saturated heterocycles. The number of hydrogen-bond acceptors (Lipinski definition) is 4. The lowest BCUT2D eigenvalue weighted by molar-refractivity contribution is 0.332. The number of methoxy groups -OCH3 is 2. The average Bonchev–Trinajstić information content (AvgIpc) is 2.38. The number of aromatic hydroxyl groups is 1. The summed E-state index contributed by atoms with van der Waals surface area (Å²) >= 11 is 0. The second-order valence-corrected chi connectivity index (χ2v) is 4.32. The highest BCUT2D eigenvalue weighted by Gasteiger charge is 2.24. The van der Waals surface area contributed by atoms with E-state index in [4.69, 9.17) is 9.47 Å². The molecule has 1 aromatic rings. The summed E-state index contributed by atoms with van der Waals surface area (Å²) < 4.78 is 10.5. The number of aliphatic imine (C=N–C) groups is 1. The van der Waals surface area contributed by atoms with Gasteiger partial charge in [-0.2, -0.15) is 0 Å². The van der Waals surface area contributed by atoms with Gasteiger partial charge >= 0.3 is 0 Å². The monoisotopic (exact) mass is 249 g/mol. The predicted molar refractivity (Wildman–Crippen MR) is 71.2 cm³/mol. The van der Waals surface area contributed by atoms with Crippen molar-refractivity contribution in [2.75, 3.05) is 20.8 Å². The molecule has 1 aliphatic heterocycles. The summed E-state index contributed by atoms with van der Waals surface area (Å²) in [5, 5.41) is 10.4. The van der Waals surface area contributed by atoms with Gasteiger partial charge < -0.3 is 14.6 Å². The molecule has 0 bridgehead atoms. The van der Waals surface area contributed by atoms with Gasteiger partial charge in [0.25, 0.3) is 0 Å². The summed E-state index contributed by atoms with van der Waals surface area (Å²) in [7, 11) is 3.11. The van der Waals surface area contributed by atoms with Crippen molar-refractivity contribution >= 4 is 5.71 Å². The van der Waals surface area contributed by atoms with E-state index >= 15 is 0 Å². The molecule has 0 fully saturated rings. The Labute approximate surface area is 107 Å². The number of phenols is 1. The number of rotatable bonds is 4. The summed E-state index contributed by atoms with van der Waals surface area (Å²) in [6, 6.07) is 1.94. The van der Waals surface area contributed by atoms with Gasteiger partial charge in [0, 0.05) is 17.8 Å². The molecular formula is C14H19NO3. The van der Waals surface area contributed by atoms with E-state index in [9.17, 15) is 5.11 Å². The predicted octanol–water partition coefficient (Wildman–Crippen LogP) is 2.55. The Hall–Kier alpha value is -1.71. The zero-order chi connectivity index (χ0) is 13.1. The highest BCUT2D eigenvalue weighted by atomic mass is 16.5. The molecule has 1 heterocycles. The van der Waals surface area contributed by atoms with Gasteiger partial charge in [-0.25, -0.2) is 0 Å².